The summed E-state index contributed by atoms with van der Waals surface area (Å²) in [7, 11) is 1.54. The Labute approximate surface area is 160 Å². The number of rotatable bonds is 8. The lowest BCUT2D eigenvalue weighted by Crippen LogP contribution is -2.23. The molecule has 2 heterocycles. The number of carbonyl (C=O) groups excluding carboxylic acids is 1. The van der Waals surface area contributed by atoms with Crippen molar-refractivity contribution in [2.24, 2.45) is 0 Å². The highest BCUT2D eigenvalue weighted by Crippen LogP contribution is 2.21. The van der Waals surface area contributed by atoms with Crippen molar-refractivity contribution >= 4 is 23.4 Å². The van der Waals surface area contributed by atoms with E-state index in [4.69, 9.17) is 0 Å². The number of aromatic nitrogens is 4. The van der Waals surface area contributed by atoms with Crippen LogP contribution in [0.1, 0.15) is 11.6 Å². The van der Waals surface area contributed by atoms with Gasteiger partial charge in [0.2, 0.25) is 11.9 Å². The smallest absolute Gasteiger partial charge is 0.241 e. The molecular weight excluding hydrogens is 365 g/mol. The summed E-state index contributed by atoms with van der Waals surface area (Å²) in [6, 6.07) is 8.66. The second-order valence-electron chi connectivity index (χ2n) is 5.91. The van der Waals surface area contributed by atoms with Crippen LogP contribution in [-0.4, -0.2) is 44.4 Å². The topological polar surface area (TPSA) is 117 Å². The number of hydrogen-bond acceptors (Lipinski definition) is 7. The summed E-state index contributed by atoms with van der Waals surface area (Å²) in [5.74, 6) is -0.725. The van der Waals surface area contributed by atoms with Gasteiger partial charge >= 0.3 is 0 Å². The third kappa shape index (κ3) is 4.80. The highest BCUT2D eigenvalue weighted by molar-refractivity contribution is 5.75. The minimum atomic E-state index is -0.643. The van der Waals surface area contributed by atoms with Crippen LogP contribution in [0.2, 0.25) is 0 Å². The molecule has 0 saturated heterocycles. The first-order valence-corrected chi connectivity index (χ1v) is 8.54. The second kappa shape index (κ2) is 8.91. The highest BCUT2D eigenvalue weighted by atomic mass is 19.1. The van der Waals surface area contributed by atoms with Crippen LogP contribution in [-0.2, 0) is 11.3 Å². The summed E-state index contributed by atoms with van der Waals surface area (Å²) in [4.78, 5) is 19.4. The summed E-state index contributed by atoms with van der Waals surface area (Å²) in [5, 5.41) is 22.0. The molecule has 10 heteroatoms. The van der Waals surface area contributed by atoms with Crippen molar-refractivity contribution in [2.75, 3.05) is 24.3 Å². The molecule has 1 unspecified atom stereocenters. The maximum absolute atomic E-state index is 14.1. The van der Waals surface area contributed by atoms with Crippen molar-refractivity contribution in [2.45, 2.75) is 12.6 Å². The molecule has 0 fully saturated rings. The highest BCUT2D eigenvalue weighted by Gasteiger charge is 2.15. The third-order valence-corrected chi connectivity index (χ3v) is 3.91. The fourth-order valence-corrected chi connectivity index (χ4v) is 2.48. The first-order valence-electron chi connectivity index (χ1n) is 8.54. The molecule has 146 valence electrons. The first kappa shape index (κ1) is 19.2. The van der Waals surface area contributed by atoms with Crippen LogP contribution in [0.15, 0.2) is 48.9 Å². The third-order valence-electron chi connectivity index (χ3n) is 3.91. The van der Waals surface area contributed by atoms with E-state index in [1.165, 1.54) is 10.9 Å². The quantitative estimate of drug-likeness (QED) is 0.464. The molecule has 2 aromatic heterocycles. The number of aliphatic hydroxyl groups is 1. The lowest BCUT2D eigenvalue weighted by atomic mass is 10.1. The van der Waals surface area contributed by atoms with E-state index in [2.05, 4.69) is 31.0 Å². The molecule has 0 saturated carbocycles. The molecule has 0 spiro atoms. The minimum absolute atomic E-state index is 0.0434. The zero-order chi connectivity index (χ0) is 19.9. The monoisotopic (exact) mass is 385 g/mol. The average molecular weight is 385 g/mol. The number of halogens is 1. The van der Waals surface area contributed by atoms with E-state index in [-0.39, 0.29) is 30.8 Å². The Morgan fingerprint density at radius 2 is 2.07 bits per heavy atom. The molecule has 1 aromatic carbocycles. The van der Waals surface area contributed by atoms with Gasteiger partial charge in [-0.05, 0) is 5.56 Å². The SMILES string of the molecule is CNC(=O)Cn1cc(Nc2ncc(F)c(NC(CO)c3ccccc3)n2)cn1. The van der Waals surface area contributed by atoms with Crippen LogP contribution < -0.4 is 16.0 Å². The Hall–Kier alpha value is -3.53. The predicted molar refractivity (Wildman–Crippen MR) is 101 cm³/mol. The van der Waals surface area contributed by atoms with Crippen molar-refractivity contribution in [3.8, 4) is 0 Å². The lowest BCUT2D eigenvalue weighted by Gasteiger charge is -2.18. The molecule has 0 radical (unpaired) electrons. The fraction of sp³-hybridized carbons (Fsp3) is 0.222. The van der Waals surface area contributed by atoms with Gasteiger partial charge in [0, 0.05) is 13.2 Å². The van der Waals surface area contributed by atoms with Crippen molar-refractivity contribution in [1.82, 2.24) is 25.1 Å². The molecule has 1 atom stereocenters. The van der Waals surface area contributed by atoms with E-state index in [1.54, 1.807) is 13.2 Å². The average Bonchev–Trinajstić information content (AvgIpc) is 3.15. The molecule has 3 rings (SSSR count). The fourth-order valence-electron chi connectivity index (χ4n) is 2.48. The van der Waals surface area contributed by atoms with E-state index in [0.717, 1.165) is 11.8 Å². The van der Waals surface area contributed by atoms with Crippen molar-refractivity contribution in [3.63, 3.8) is 0 Å². The van der Waals surface area contributed by atoms with Gasteiger partial charge in [-0.1, -0.05) is 30.3 Å². The predicted octanol–water partition coefficient (Wildman–Crippen LogP) is 1.45. The molecule has 0 aliphatic rings. The van der Waals surface area contributed by atoms with Crippen LogP contribution in [0.3, 0.4) is 0 Å². The van der Waals surface area contributed by atoms with Crippen molar-refractivity contribution < 1.29 is 14.3 Å². The van der Waals surface area contributed by atoms with E-state index in [9.17, 15) is 14.3 Å². The number of carbonyl (C=O) groups is 1. The molecule has 3 aromatic rings. The van der Waals surface area contributed by atoms with Gasteiger partial charge in [-0.2, -0.15) is 10.1 Å². The van der Waals surface area contributed by atoms with Gasteiger partial charge in [-0.3, -0.25) is 9.48 Å². The molecule has 1 amide bonds. The number of aliphatic hydroxyl groups excluding tert-OH is 1. The van der Waals surface area contributed by atoms with Gasteiger partial charge in [0.1, 0.15) is 6.54 Å². The Bertz CT molecular complexity index is 933. The van der Waals surface area contributed by atoms with E-state index in [0.29, 0.717) is 5.69 Å². The number of likely N-dealkylation sites (N-methyl/N-ethyl adjacent to an activating group) is 1. The number of amides is 1. The molecule has 28 heavy (non-hydrogen) atoms. The van der Waals surface area contributed by atoms with Crippen LogP contribution >= 0.6 is 0 Å². The van der Waals surface area contributed by atoms with Crippen LogP contribution in [0.5, 0.6) is 0 Å². The Morgan fingerprint density at radius 1 is 1.29 bits per heavy atom. The number of benzene rings is 1. The summed E-state index contributed by atoms with van der Waals surface area (Å²) in [6.45, 7) is -0.160. The minimum Gasteiger partial charge on any atom is -0.394 e. The van der Waals surface area contributed by atoms with Crippen molar-refractivity contribution in [1.29, 1.82) is 0 Å². The number of nitrogens with one attached hydrogen (secondary N) is 3. The Balaban J connectivity index is 1.73. The first-order chi connectivity index (χ1) is 13.6. The molecule has 0 aliphatic heterocycles. The van der Waals surface area contributed by atoms with Gasteiger partial charge in [0.15, 0.2) is 11.6 Å². The molecule has 9 nitrogen and oxygen atoms in total. The number of anilines is 3. The molecule has 0 aliphatic carbocycles. The molecule has 0 bridgehead atoms. The normalized spacial score (nSPS) is 11.7. The number of nitrogens with zero attached hydrogens (tertiary/aromatic N) is 4. The zero-order valence-electron chi connectivity index (χ0n) is 15.1. The maximum Gasteiger partial charge on any atom is 0.241 e. The lowest BCUT2D eigenvalue weighted by molar-refractivity contribution is -0.121. The largest absolute Gasteiger partial charge is 0.394 e. The van der Waals surface area contributed by atoms with Crippen LogP contribution in [0.25, 0.3) is 0 Å². The summed E-state index contributed by atoms with van der Waals surface area (Å²) < 4.78 is 15.6. The molecular formula is C18H20FN7O2. The number of hydrogen-bond donors (Lipinski definition) is 4. The van der Waals surface area contributed by atoms with Crippen LogP contribution in [0, 0.1) is 5.82 Å². The van der Waals surface area contributed by atoms with Crippen LogP contribution in [0.4, 0.5) is 21.8 Å². The van der Waals surface area contributed by atoms with Gasteiger partial charge in [-0.25, -0.2) is 9.37 Å². The summed E-state index contributed by atoms with van der Waals surface area (Å²) in [6.07, 6.45) is 4.14. The van der Waals surface area contributed by atoms with Gasteiger partial charge in [-0.15, -0.1) is 0 Å². The van der Waals surface area contributed by atoms with Crippen molar-refractivity contribution in [3.05, 3.63) is 60.3 Å². The summed E-state index contributed by atoms with van der Waals surface area (Å²) >= 11 is 0. The Kier molecular flexibility index (Phi) is 6.12. The standard InChI is InChI=1S/C18H20FN7O2/c1-20-16(28)10-26-9-13(7-22-26)23-18-21-8-14(19)17(25-18)24-15(11-27)12-5-3-2-4-6-12/h2-9,15,27H,10-11H2,1H3,(H,20,28)(H2,21,23,24,25). The van der Waals surface area contributed by atoms with E-state index >= 15 is 0 Å². The van der Waals surface area contributed by atoms with E-state index in [1.807, 2.05) is 30.3 Å². The molecule has 4 N–H and O–H groups in total. The maximum atomic E-state index is 14.1. The second-order valence-corrected chi connectivity index (χ2v) is 5.91. The van der Waals surface area contributed by atoms with Gasteiger partial charge < -0.3 is 21.1 Å². The summed E-state index contributed by atoms with van der Waals surface area (Å²) in [5.41, 5.74) is 1.34. The van der Waals surface area contributed by atoms with E-state index < -0.39 is 11.9 Å². The van der Waals surface area contributed by atoms with Gasteiger partial charge in [0.05, 0.1) is 30.7 Å². The van der Waals surface area contributed by atoms with Gasteiger partial charge in [0.25, 0.3) is 0 Å². The Morgan fingerprint density at radius 3 is 2.79 bits per heavy atom. The zero-order valence-corrected chi connectivity index (χ0v) is 15.1.